The van der Waals surface area contributed by atoms with E-state index in [9.17, 15) is 0 Å². The van der Waals surface area contributed by atoms with E-state index in [0.29, 0.717) is 5.82 Å². The summed E-state index contributed by atoms with van der Waals surface area (Å²) in [6, 6.07) is 1.89. The molecule has 1 saturated carbocycles. The fourth-order valence-electron chi connectivity index (χ4n) is 1.29. The third-order valence-corrected chi connectivity index (χ3v) is 3.10. The Bertz CT molecular complexity index is 271. The highest BCUT2D eigenvalue weighted by atomic mass is 32.1. The van der Waals surface area contributed by atoms with Crippen molar-refractivity contribution >= 4 is 22.4 Å². The van der Waals surface area contributed by atoms with E-state index in [-0.39, 0.29) is 0 Å². The van der Waals surface area contributed by atoms with Crippen molar-refractivity contribution in [1.82, 2.24) is 4.37 Å². The fraction of sp³-hybridized carbons (Fsp3) is 0.625. The zero-order valence-corrected chi connectivity index (χ0v) is 7.90. The topological polar surface area (TPSA) is 50.9 Å². The minimum Gasteiger partial charge on any atom is -0.383 e. The van der Waals surface area contributed by atoms with Crippen LogP contribution in [0.5, 0.6) is 0 Å². The number of rotatable bonds is 3. The number of hydrogen-bond donors (Lipinski definition) is 2. The summed E-state index contributed by atoms with van der Waals surface area (Å²) in [5.74, 6) is 2.39. The molecule has 1 fully saturated rings. The molecule has 2 unspecified atom stereocenters. The van der Waals surface area contributed by atoms with Crippen LogP contribution in [0.15, 0.2) is 6.07 Å². The Kier molecular flexibility index (Phi) is 1.92. The first-order valence-electron chi connectivity index (χ1n) is 4.22. The Balaban J connectivity index is 1.80. The van der Waals surface area contributed by atoms with Gasteiger partial charge in [0.2, 0.25) is 0 Å². The van der Waals surface area contributed by atoms with Crippen LogP contribution in [0.25, 0.3) is 0 Å². The molecule has 1 heterocycles. The van der Waals surface area contributed by atoms with E-state index in [1.807, 2.05) is 6.07 Å². The lowest BCUT2D eigenvalue weighted by Crippen LogP contribution is -2.02. The minimum absolute atomic E-state index is 0.617. The SMILES string of the molecule is CC1CC1CNc1cc(N)ns1. The molecule has 3 nitrogen and oxygen atoms in total. The minimum atomic E-state index is 0.617. The standard InChI is InChI=1S/C8H13N3S/c1-5-2-6(5)4-10-8-3-7(9)11-12-8/h3,5-6,10H,2,4H2,1H3,(H2,9,11). The van der Waals surface area contributed by atoms with Crippen LogP contribution in [0.2, 0.25) is 0 Å². The van der Waals surface area contributed by atoms with Gasteiger partial charge in [-0.3, -0.25) is 0 Å². The zero-order valence-electron chi connectivity index (χ0n) is 7.08. The van der Waals surface area contributed by atoms with Gasteiger partial charge in [-0.25, -0.2) is 0 Å². The smallest absolute Gasteiger partial charge is 0.139 e. The molecule has 66 valence electrons. The molecule has 3 N–H and O–H groups in total. The van der Waals surface area contributed by atoms with Crippen LogP contribution < -0.4 is 11.1 Å². The van der Waals surface area contributed by atoms with Crippen LogP contribution in [0.1, 0.15) is 13.3 Å². The summed E-state index contributed by atoms with van der Waals surface area (Å²) in [5.41, 5.74) is 5.49. The molecule has 0 aliphatic heterocycles. The van der Waals surface area contributed by atoms with E-state index < -0.39 is 0 Å². The average molecular weight is 183 g/mol. The van der Waals surface area contributed by atoms with Gasteiger partial charge in [-0.2, -0.15) is 4.37 Å². The Morgan fingerprint density at radius 3 is 3.08 bits per heavy atom. The number of aromatic nitrogens is 1. The first-order valence-corrected chi connectivity index (χ1v) is 4.99. The number of anilines is 2. The molecule has 0 saturated heterocycles. The predicted molar refractivity (Wildman–Crippen MR) is 52.3 cm³/mol. The number of nitrogens with one attached hydrogen (secondary N) is 1. The summed E-state index contributed by atoms with van der Waals surface area (Å²) in [6.07, 6.45) is 1.36. The second-order valence-electron chi connectivity index (χ2n) is 3.47. The lowest BCUT2D eigenvalue weighted by Gasteiger charge is -1.99. The van der Waals surface area contributed by atoms with Crippen LogP contribution in [-0.2, 0) is 0 Å². The Labute approximate surface area is 76.1 Å². The predicted octanol–water partition coefficient (Wildman–Crippen LogP) is 1.79. The fourth-order valence-corrected chi connectivity index (χ4v) is 1.87. The van der Waals surface area contributed by atoms with E-state index in [2.05, 4.69) is 16.6 Å². The maximum absolute atomic E-state index is 5.49. The number of nitrogen functional groups attached to an aromatic ring is 1. The number of nitrogens with zero attached hydrogens (tertiary/aromatic N) is 1. The van der Waals surface area contributed by atoms with Crippen LogP contribution in [-0.4, -0.2) is 10.9 Å². The highest BCUT2D eigenvalue weighted by Crippen LogP contribution is 2.37. The van der Waals surface area contributed by atoms with Gasteiger partial charge in [0.1, 0.15) is 10.8 Å². The molecule has 2 atom stereocenters. The molecule has 0 spiro atoms. The third kappa shape index (κ3) is 1.69. The molecule has 0 bridgehead atoms. The highest BCUT2D eigenvalue weighted by Gasteiger charge is 2.31. The lowest BCUT2D eigenvalue weighted by atomic mass is 10.3. The normalized spacial score (nSPS) is 27.1. The van der Waals surface area contributed by atoms with Gasteiger partial charge in [-0.15, -0.1) is 0 Å². The first kappa shape index (κ1) is 7.86. The summed E-state index contributed by atoms with van der Waals surface area (Å²) >= 11 is 1.43. The van der Waals surface area contributed by atoms with Gasteiger partial charge in [0, 0.05) is 12.6 Å². The van der Waals surface area contributed by atoms with E-state index in [0.717, 1.165) is 23.4 Å². The monoisotopic (exact) mass is 183 g/mol. The lowest BCUT2D eigenvalue weighted by molar-refractivity contribution is 0.788. The van der Waals surface area contributed by atoms with Gasteiger partial charge < -0.3 is 11.1 Å². The Hall–Kier alpha value is -0.770. The summed E-state index contributed by atoms with van der Waals surface area (Å²) in [4.78, 5) is 0. The summed E-state index contributed by atoms with van der Waals surface area (Å²) in [7, 11) is 0. The molecular formula is C8H13N3S. The van der Waals surface area contributed by atoms with Crippen molar-refractivity contribution in [3.63, 3.8) is 0 Å². The van der Waals surface area contributed by atoms with Gasteiger partial charge in [0.05, 0.1) is 0 Å². The first-order chi connectivity index (χ1) is 5.75. The van der Waals surface area contributed by atoms with Gasteiger partial charge in [-0.05, 0) is 29.8 Å². The Morgan fingerprint density at radius 2 is 2.58 bits per heavy atom. The summed E-state index contributed by atoms with van der Waals surface area (Å²) in [6.45, 7) is 3.36. The molecule has 12 heavy (non-hydrogen) atoms. The maximum atomic E-state index is 5.49. The van der Waals surface area contributed by atoms with E-state index in [4.69, 9.17) is 5.73 Å². The second kappa shape index (κ2) is 2.94. The second-order valence-corrected chi connectivity index (χ2v) is 4.27. The van der Waals surface area contributed by atoms with Crippen molar-refractivity contribution < 1.29 is 0 Å². The zero-order chi connectivity index (χ0) is 8.55. The molecule has 2 rings (SSSR count). The van der Waals surface area contributed by atoms with E-state index in [1.165, 1.54) is 18.0 Å². The van der Waals surface area contributed by atoms with Gasteiger partial charge >= 0.3 is 0 Å². The van der Waals surface area contributed by atoms with Crippen molar-refractivity contribution in [2.45, 2.75) is 13.3 Å². The molecule has 0 aromatic carbocycles. The molecule has 1 aliphatic rings. The van der Waals surface area contributed by atoms with Crippen molar-refractivity contribution in [2.75, 3.05) is 17.6 Å². The van der Waals surface area contributed by atoms with Gasteiger partial charge in [0.25, 0.3) is 0 Å². The molecule has 0 amide bonds. The van der Waals surface area contributed by atoms with E-state index >= 15 is 0 Å². The quantitative estimate of drug-likeness (QED) is 0.751. The average Bonchev–Trinajstić information content (AvgIpc) is 2.56. The van der Waals surface area contributed by atoms with Gasteiger partial charge in [-0.1, -0.05) is 6.92 Å². The van der Waals surface area contributed by atoms with Crippen LogP contribution in [0.4, 0.5) is 10.8 Å². The molecule has 1 aliphatic carbocycles. The van der Waals surface area contributed by atoms with Crippen molar-refractivity contribution in [3.8, 4) is 0 Å². The van der Waals surface area contributed by atoms with E-state index in [1.54, 1.807) is 0 Å². The van der Waals surface area contributed by atoms with Crippen LogP contribution >= 0.6 is 11.5 Å². The number of hydrogen-bond acceptors (Lipinski definition) is 4. The molecule has 0 radical (unpaired) electrons. The molecule has 4 heteroatoms. The molecule has 1 aromatic heterocycles. The van der Waals surface area contributed by atoms with Gasteiger partial charge in [0.15, 0.2) is 0 Å². The highest BCUT2D eigenvalue weighted by molar-refractivity contribution is 7.10. The number of nitrogens with two attached hydrogens (primary N) is 1. The van der Waals surface area contributed by atoms with Crippen molar-refractivity contribution in [2.24, 2.45) is 11.8 Å². The molecule has 1 aromatic rings. The van der Waals surface area contributed by atoms with Crippen LogP contribution in [0.3, 0.4) is 0 Å². The summed E-state index contributed by atoms with van der Waals surface area (Å²) < 4.78 is 3.99. The van der Waals surface area contributed by atoms with Crippen molar-refractivity contribution in [1.29, 1.82) is 0 Å². The third-order valence-electron chi connectivity index (χ3n) is 2.34. The van der Waals surface area contributed by atoms with Crippen LogP contribution in [0, 0.1) is 11.8 Å². The largest absolute Gasteiger partial charge is 0.383 e. The molecular weight excluding hydrogens is 170 g/mol. The maximum Gasteiger partial charge on any atom is 0.139 e. The summed E-state index contributed by atoms with van der Waals surface area (Å²) in [5, 5.41) is 4.42. The van der Waals surface area contributed by atoms with Crippen molar-refractivity contribution in [3.05, 3.63) is 6.07 Å². The Morgan fingerprint density at radius 1 is 1.83 bits per heavy atom.